The van der Waals surface area contributed by atoms with Crippen molar-refractivity contribution in [3.05, 3.63) is 47.3 Å². The first-order valence-electron chi connectivity index (χ1n) is 4.13. The lowest BCUT2D eigenvalue weighted by Crippen LogP contribution is -1.92. The highest BCUT2D eigenvalue weighted by atomic mass is 79.9. The van der Waals surface area contributed by atoms with Crippen molar-refractivity contribution in [3.8, 4) is 0 Å². The Morgan fingerprint density at radius 3 is 2.86 bits per heavy atom. The molecular weight excluding hydrogens is 242 g/mol. The summed E-state index contributed by atoms with van der Waals surface area (Å²) in [5, 5.41) is 3.14. The first-order chi connectivity index (χ1) is 6.84. The lowest BCUT2D eigenvalue weighted by atomic mass is 10.4. The average molecular weight is 250 g/mol. The topological polar surface area (TPSA) is 37.8 Å². The first-order valence-corrected chi connectivity index (χ1v) is 4.92. The van der Waals surface area contributed by atoms with Crippen LogP contribution >= 0.6 is 15.9 Å². The molecule has 70 valence electrons. The zero-order valence-corrected chi connectivity index (χ0v) is 8.90. The largest absolute Gasteiger partial charge is 0.339 e. The highest BCUT2D eigenvalue weighted by molar-refractivity contribution is 9.10. The van der Waals surface area contributed by atoms with E-state index in [1.807, 2.05) is 24.3 Å². The van der Waals surface area contributed by atoms with Gasteiger partial charge in [0.25, 0.3) is 0 Å². The van der Waals surface area contributed by atoms with E-state index in [2.05, 4.69) is 31.2 Å². The Hall–Kier alpha value is -1.42. The zero-order chi connectivity index (χ0) is 9.80. The fourth-order valence-corrected chi connectivity index (χ4v) is 1.39. The van der Waals surface area contributed by atoms with Gasteiger partial charge in [-0.15, -0.1) is 0 Å². The highest BCUT2D eigenvalue weighted by Crippen LogP contribution is 2.16. The molecule has 0 saturated carbocycles. The standard InChI is InChI=1S/C10H8BrN3/c11-8-3-5-13-10(6-8)14-9-2-1-4-12-7-9/h1-7H,(H,13,14). The molecule has 0 spiro atoms. The Labute approximate surface area is 90.3 Å². The summed E-state index contributed by atoms with van der Waals surface area (Å²) in [6, 6.07) is 7.61. The lowest BCUT2D eigenvalue weighted by molar-refractivity contribution is 1.27. The molecule has 14 heavy (non-hydrogen) atoms. The van der Waals surface area contributed by atoms with Gasteiger partial charge >= 0.3 is 0 Å². The van der Waals surface area contributed by atoms with Gasteiger partial charge in [-0.1, -0.05) is 15.9 Å². The van der Waals surface area contributed by atoms with E-state index in [1.165, 1.54) is 0 Å². The van der Waals surface area contributed by atoms with Crippen molar-refractivity contribution >= 4 is 27.4 Å². The second kappa shape index (κ2) is 4.19. The quantitative estimate of drug-likeness (QED) is 0.890. The molecular formula is C10H8BrN3. The second-order valence-electron chi connectivity index (χ2n) is 2.73. The molecule has 0 atom stereocenters. The molecule has 2 heterocycles. The van der Waals surface area contributed by atoms with Crippen LogP contribution in [0.4, 0.5) is 11.5 Å². The van der Waals surface area contributed by atoms with Crippen LogP contribution in [0.15, 0.2) is 47.3 Å². The van der Waals surface area contributed by atoms with Gasteiger partial charge in [0.1, 0.15) is 5.82 Å². The van der Waals surface area contributed by atoms with E-state index in [1.54, 1.807) is 18.6 Å². The van der Waals surface area contributed by atoms with Crippen LogP contribution < -0.4 is 5.32 Å². The highest BCUT2D eigenvalue weighted by Gasteiger charge is 1.95. The second-order valence-corrected chi connectivity index (χ2v) is 3.64. The van der Waals surface area contributed by atoms with Crippen LogP contribution in [0.1, 0.15) is 0 Å². The summed E-state index contributed by atoms with van der Waals surface area (Å²) in [6.07, 6.45) is 5.23. The average Bonchev–Trinajstić information content (AvgIpc) is 2.19. The molecule has 0 aromatic carbocycles. The maximum absolute atomic E-state index is 4.17. The summed E-state index contributed by atoms with van der Waals surface area (Å²) in [4.78, 5) is 8.17. The van der Waals surface area contributed by atoms with Gasteiger partial charge in [0, 0.05) is 16.9 Å². The molecule has 0 saturated heterocycles. The number of pyridine rings is 2. The molecule has 0 fully saturated rings. The molecule has 2 aromatic heterocycles. The molecule has 4 heteroatoms. The van der Waals surface area contributed by atoms with E-state index in [9.17, 15) is 0 Å². The zero-order valence-electron chi connectivity index (χ0n) is 7.31. The Kier molecular flexibility index (Phi) is 2.74. The molecule has 0 amide bonds. The molecule has 1 N–H and O–H groups in total. The van der Waals surface area contributed by atoms with Crippen molar-refractivity contribution in [2.24, 2.45) is 0 Å². The molecule has 0 aliphatic heterocycles. The number of anilines is 2. The van der Waals surface area contributed by atoms with E-state index in [0.717, 1.165) is 16.0 Å². The normalized spacial score (nSPS) is 9.79. The summed E-state index contributed by atoms with van der Waals surface area (Å²) in [5.74, 6) is 0.798. The number of rotatable bonds is 2. The van der Waals surface area contributed by atoms with E-state index >= 15 is 0 Å². The maximum atomic E-state index is 4.17. The van der Waals surface area contributed by atoms with E-state index in [0.29, 0.717) is 0 Å². The minimum absolute atomic E-state index is 0.798. The van der Waals surface area contributed by atoms with Crippen LogP contribution in [-0.4, -0.2) is 9.97 Å². The van der Waals surface area contributed by atoms with Crippen LogP contribution in [0.25, 0.3) is 0 Å². The Morgan fingerprint density at radius 2 is 2.14 bits per heavy atom. The number of nitrogens with zero attached hydrogens (tertiary/aromatic N) is 2. The summed E-state index contributed by atoms with van der Waals surface area (Å²) < 4.78 is 0.999. The van der Waals surface area contributed by atoms with Crippen LogP contribution in [-0.2, 0) is 0 Å². The monoisotopic (exact) mass is 249 g/mol. The molecule has 0 bridgehead atoms. The van der Waals surface area contributed by atoms with Gasteiger partial charge in [-0.2, -0.15) is 0 Å². The molecule has 0 aliphatic carbocycles. The fraction of sp³-hybridized carbons (Fsp3) is 0. The number of nitrogens with one attached hydrogen (secondary N) is 1. The third-order valence-electron chi connectivity index (χ3n) is 1.66. The van der Waals surface area contributed by atoms with Gasteiger partial charge in [0.2, 0.25) is 0 Å². The Balaban J connectivity index is 2.19. The third kappa shape index (κ3) is 2.29. The summed E-state index contributed by atoms with van der Waals surface area (Å²) in [5.41, 5.74) is 0.929. The van der Waals surface area contributed by atoms with Crippen molar-refractivity contribution in [1.29, 1.82) is 0 Å². The summed E-state index contributed by atoms with van der Waals surface area (Å²) >= 11 is 3.38. The van der Waals surface area contributed by atoms with Gasteiger partial charge in [-0.05, 0) is 24.3 Å². The van der Waals surface area contributed by atoms with Crippen molar-refractivity contribution in [1.82, 2.24) is 9.97 Å². The van der Waals surface area contributed by atoms with Gasteiger partial charge in [0.15, 0.2) is 0 Å². The van der Waals surface area contributed by atoms with Crippen LogP contribution in [0.2, 0.25) is 0 Å². The van der Waals surface area contributed by atoms with Crippen molar-refractivity contribution in [3.63, 3.8) is 0 Å². The molecule has 0 radical (unpaired) electrons. The number of hydrogen-bond donors (Lipinski definition) is 1. The molecule has 2 aromatic rings. The Morgan fingerprint density at radius 1 is 1.21 bits per heavy atom. The number of halogens is 1. The molecule has 0 aliphatic rings. The summed E-state index contributed by atoms with van der Waals surface area (Å²) in [6.45, 7) is 0. The molecule has 3 nitrogen and oxygen atoms in total. The van der Waals surface area contributed by atoms with Crippen molar-refractivity contribution in [2.45, 2.75) is 0 Å². The SMILES string of the molecule is Brc1ccnc(Nc2cccnc2)c1. The van der Waals surface area contributed by atoms with E-state index in [4.69, 9.17) is 0 Å². The Bertz CT molecular complexity index is 417. The molecule has 2 rings (SSSR count). The number of hydrogen-bond acceptors (Lipinski definition) is 3. The van der Waals surface area contributed by atoms with Gasteiger partial charge < -0.3 is 5.32 Å². The van der Waals surface area contributed by atoms with Crippen molar-refractivity contribution < 1.29 is 0 Å². The van der Waals surface area contributed by atoms with Crippen molar-refractivity contribution in [2.75, 3.05) is 5.32 Å². The van der Waals surface area contributed by atoms with E-state index in [-0.39, 0.29) is 0 Å². The number of aromatic nitrogens is 2. The first kappa shape index (κ1) is 9.15. The van der Waals surface area contributed by atoms with E-state index < -0.39 is 0 Å². The fourth-order valence-electron chi connectivity index (χ4n) is 1.06. The molecule has 0 unspecified atom stereocenters. The van der Waals surface area contributed by atoms with Gasteiger partial charge in [-0.3, -0.25) is 4.98 Å². The van der Waals surface area contributed by atoms with Gasteiger partial charge in [0.05, 0.1) is 11.9 Å². The predicted octanol–water partition coefficient (Wildman–Crippen LogP) is 2.98. The van der Waals surface area contributed by atoms with Crippen LogP contribution in [0.3, 0.4) is 0 Å². The van der Waals surface area contributed by atoms with Gasteiger partial charge in [-0.25, -0.2) is 4.98 Å². The van der Waals surface area contributed by atoms with Crippen LogP contribution in [0.5, 0.6) is 0 Å². The minimum Gasteiger partial charge on any atom is -0.339 e. The third-order valence-corrected chi connectivity index (χ3v) is 2.15. The maximum Gasteiger partial charge on any atom is 0.131 e. The van der Waals surface area contributed by atoms with Crippen LogP contribution in [0, 0.1) is 0 Å². The minimum atomic E-state index is 0.798. The lowest BCUT2D eigenvalue weighted by Gasteiger charge is -2.03. The smallest absolute Gasteiger partial charge is 0.131 e. The predicted molar refractivity (Wildman–Crippen MR) is 59.5 cm³/mol. The summed E-state index contributed by atoms with van der Waals surface area (Å²) in [7, 11) is 0.